The van der Waals surface area contributed by atoms with E-state index in [9.17, 15) is 9.18 Å². The molecular formula is C14H19BrClFN2O. The van der Waals surface area contributed by atoms with E-state index in [1.54, 1.807) is 17.0 Å². The Labute approximate surface area is 133 Å². The zero-order valence-corrected chi connectivity index (χ0v) is 13.8. The molecule has 1 aliphatic heterocycles. The lowest BCUT2D eigenvalue weighted by Crippen LogP contribution is -2.42. The van der Waals surface area contributed by atoms with Crippen LogP contribution in [0.1, 0.15) is 23.2 Å². The molecule has 3 nitrogen and oxygen atoms in total. The quantitative estimate of drug-likeness (QED) is 0.893. The van der Waals surface area contributed by atoms with Crippen molar-refractivity contribution in [3.63, 3.8) is 0 Å². The summed E-state index contributed by atoms with van der Waals surface area (Å²) in [6.07, 6.45) is 2.10. The summed E-state index contributed by atoms with van der Waals surface area (Å²) in [6.45, 7) is 2.32. The number of halogens is 3. The third-order valence-corrected chi connectivity index (χ3v) is 3.95. The van der Waals surface area contributed by atoms with E-state index in [1.165, 1.54) is 6.07 Å². The highest BCUT2D eigenvalue weighted by atomic mass is 79.9. The summed E-state index contributed by atoms with van der Waals surface area (Å²) in [4.78, 5) is 14.1. The van der Waals surface area contributed by atoms with Gasteiger partial charge in [-0.05, 0) is 50.6 Å². The zero-order valence-electron chi connectivity index (χ0n) is 11.4. The summed E-state index contributed by atoms with van der Waals surface area (Å²) >= 11 is 3.20. The first kappa shape index (κ1) is 17.4. The molecule has 0 spiro atoms. The maximum Gasteiger partial charge on any atom is 0.256 e. The summed E-state index contributed by atoms with van der Waals surface area (Å²) in [5.41, 5.74) is 0.160. The molecule has 1 aromatic carbocycles. The fourth-order valence-corrected chi connectivity index (χ4v) is 2.87. The molecule has 1 atom stereocenters. The van der Waals surface area contributed by atoms with Crippen LogP contribution in [0, 0.1) is 11.7 Å². The minimum atomic E-state index is -0.463. The molecule has 1 N–H and O–H groups in total. The zero-order chi connectivity index (χ0) is 13.8. The molecule has 0 aliphatic carbocycles. The smallest absolute Gasteiger partial charge is 0.256 e. The number of likely N-dealkylation sites (tertiary alicyclic amines) is 1. The third-order valence-electron chi connectivity index (χ3n) is 3.46. The molecule has 1 unspecified atom stereocenters. The fraction of sp³-hybridized carbons (Fsp3) is 0.500. The number of nitrogens with zero attached hydrogens (tertiary/aromatic N) is 1. The lowest BCUT2D eigenvalue weighted by Gasteiger charge is -2.32. The first-order valence-corrected chi connectivity index (χ1v) is 7.30. The first-order chi connectivity index (χ1) is 9.11. The van der Waals surface area contributed by atoms with Crippen LogP contribution >= 0.6 is 28.3 Å². The van der Waals surface area contributed by atoms with Crippen molar-refractivity contribution in [1.29, 1.82) is 0 Å². The SMILES string of the molecule is CNCC1CCCN(C(=O)c2ccc(Br)cc2F)C1.Cl. The van der Waals surface area contributed by atoms with E-state index < -0.39 is 5.82 Å². The van der Waals surface area contributed by atoms with Gasteiger partial charge in [-0.3, -0.25) is 4.79 Å². The molecule has 0 radical (unpaired) electrons. The van der Waals surface area contributed by atoms with E-state index in [4.69, 9.17) is 0 Å². The van der Waals surface area contributed by atoms with Gasteiger partial charge in [-0.1, -0.05) is 15.9 Å². The third kappa shape index (κ3) is 4.17. The highest BCUT2D eigenvalue weighted by molar-refractivity contribution is 9.10. The number of rotatable bonds is 3. The van der Waals surface area contributed by atoms with Gasteiger partial charge in [0.15, 0.2) is 0 Å². The highest BCUT2D eigenvalue weighted by Crippen LogP contribution is 2.21. The molecule has 0 saturated carbocycles. The van der Waals surface area contributed by atoms with Crippen LogP contribution in [0.3, 0.4) is 0 Å². The van der Waals surface area contributed by atoms with Crippen molar-refractivity contribution in [2.45, 2.75) is 12.8 Å². The van der Waals surface area contributed by atoms with Crippen LogP contribution < -0.4 is 5.32 Å². The Kier molecular flexibility index (Phi) is 6.92. The van der Waals surface area contributed by atoms with Crippen LogP contribution in [0.5, 0.6) is 0 Å². The molecular weight excluding hydrogens is 347 g/mol. The Morgan fingerprint density at radius 2 is 2.30 bits per heavy atom. The maximum atomic E-state index is 13.8. The Morgan fingerprint density at radius 3 is 2.95 bits per heavy atom. The van der Waals surface area contributed by atoms with Crippen LogP contribution in [0.2, 0.25) is 0 Å². The molecule has 1 amide bonds. The number of amides is 1. The standard InChI is InChI=1S/C14H18BrFN2O.ClH/c1-17-8-10-3-2-6-18(9-10)14(19)12-5-4-11(15)7-13(12)16;/h4-5,7,10,17H,2-3,6,8-9H2,1H3;1H. The predicted molar refractivity (Wildman–Crippen MR) is 83.9 cm³/mol. The van der Waals surface area contributed by atoms with Crippen molar-refractivity contribution in [3.05, 3.63) is 34.1 Å². The molecule has 0 bridgehead atoms. The Morgan fingerprint density at radius 1 is 1.55 bits per heavy atom. The lowest BCUT2D eigenvalue weighted by molar-refractivity contribution is 0.0669. The molecule has 6 heteroatoms. The van der Waals surface area contributed by atoms with Gasteiger partial charge in [0.1, 0.15) is 5.82 Å². The van der Waals surface area contributed by atoms with Crippen molar-refractivity contribution in [2.75, 3.05) is 26.7 Å². The fourth-order valence-electron chi connectivity index (χ4n) is 2.54. The van der Waals surface area contributed by atoms with Gasteiger partial charge in [0.2, 0.25) is 0 Å². The van der Waals surface area contributed by atoms with E-state index >= 15 is 0 Å². The topological polar surface area (TPSA) is 32.3 Å². The molecule has 0 aromatic heterocycles. The van der Waals surface area contributed by atoms with Crippen molar-refractivity contribution in [1.82, 2.24) is 10.2 Å². The van der Waals surface area contributed by atoms with Crippen LogP contribution in [0.4, 0.5) is 4.39 Å². The largest absolute Gasteiger partial charge is 0.338 e. The van der Waals surface area contributed by atoms with Crippen molar-refractivity contribution < 1.29 is 9.18 Å². The van der Waals surface area contributed by atoms with Crippen LogP contribution in [0.25, 0.3) is 0 Å². The summed E-state index contributed by atoms with van der Waals surface area (Å²) in [6, 6.07) is 4.58. The van der Waals surface area contributed by atoms with Gasteiger partial charge >= 0.3 is 0 Å². The van der Waals surface area contributed by atoms with E-state index in [-0.39, 0.29) is 23.9 Å². The number of nitrogens with one attached hydrogen (secondary N) is 1. The van der Waals surface area contributed by atoms with Gasteiger partial charge in [0.25, 0.3) is 5.91 Å². The van der Waals surface area contributed by atoms with Gasteiger partial charge < -0.3 is 10.2 Å². The van der Waals surface area contributed by atoms with Gasteiger partial charge in [0.05, 0.1) is 5.56 Å². The minimum Gasteiger partial charge on any atom is -0.338 e. The van der Waals surface area contributed by atoms with E-state index in [0.717, 1.165) is 19.4 Å². The number of carbonyl (C=O) groups excluding carboxylic acids is 1. The maximum absolute atomic E-state index is 13.8. The van der Waals surface area contributed by atoms with Crippen molar-refractivity contribution in [2.24, 2.45) is 5.92 Å². The molecule has 1 heterocycles. The van der Waals surface area contributed by atoms with E-state index in [2.05, 4.69) is 21.2 Å². The Hall–Kier alpha value is -0.650. The number of piperidine rings is 1. The second-order valence-electron chi connectivity index (χ2n) is 4.94. The molecule has 2 rings (SSSR count). The van der Waals surface area contributed by atoms with Crippen LogP contribution in [-0.4, -0.2) is 37.5 Å². The Balaban J connectivity index is 0.00000200. The first-order valence-electron chi connectivity index (χ1n) is 6.50. The minimum absolute atomic E-state index is 0. The number of hydrogen-bond donors (Lipinski definition) is 1. The van der Waals surface area contributed by atoms with E-state index in [1.807, 2.05) is 7.05 Å². The average molecular weight is 366 g/mol. The summed E-state index contributed by atoms with van der Waals surface area (Å²) < 4.78 is 14.5. The van der Waals surface area contributed by atoms with Gasteiger partial charge in [-0.2, -0.15) is 0 Å². The second kappa shape index (κ2) is 7.96. The predicted octanol–water partition coefficient (Wildman–Crippen LogP) is 3.08. The monoisotopic (exact) mass is 364 g/mol. The van der Waals surface area contributed by atoms with Crippen LogP contribution in [0.15, 0.2) is 22.7 Å². The van der Waals surface area contributed by atoms with Crippen LogP contribution in [-0.2, 0) is 0 Å². The number of benzene rings is 1. The molecule has 20 heavy (non-hydrogen) atoms. The molecule has 112 valence electrons. The molecule has 1 aliphatic rings. The Bertz CT molecular complexity index is 470. The normalized spacial score (nSPS) is 18.6. The van der Waals surface area contributed by atoms with Gasteiger partial charge in [-0.25, -0.2) is 4.39 Å². The summed E-state index contributed by atoms with van der Waals surface area (Å²) in [7, 11) is 1.91. The number of hydrogen-bond acceptors (Lipinski definition) is 2. The van der Waals surface area contributed by atoms with Crippen molar-refractivity contribution in [3.8, 4) is 0 Å². The van der Waals surface area contributed by atoms with Gasteiger partial charge in [-0.15, -0.1) is 12.4 Å². The van der Waals surface area contributed by atoms with Crippen molar-refractivity contribution >= 4 is 34.2 Å². The summed E-state index contributed by atoms with van der Waals surface area (Å²) in [5, 5.41) is 3.14. The highest BCUT2D eigenvalue weighted by Gasteiger charge is 2.25. The molecule has 1 saturated heterocycles. The van der Waals surface area contributed by atoms with E-state index in [0.29, 0.717) is 23.5 Å². The van der Waals surface area contributed by atoms with Gasteiger partial charge in [0, 0.05) is 17.6 Å². The number of carbonyl (C=O) groups is 1. The molecule has 1 aromatic rings. The average Bonchev–Trinajstić information content (AvgIpc) is 2.39. The molecule has 1 fully saturated rings. The lowest BCUT2D eigenvalue weighted by atomic mass is 9.97. The second-order valence-corrected chi connectivity index (χ2v) is 5.86. The summed E-state index contributed by atoms with van der Waals surface area (Å²) in [5.74, 6) is -0.206.